The van der Waals surface area contributed by atoms with Crippen molar-refractivity contribution in [2.45, 2.75) is 32.9 Å². The second-order valence-corrected chi connectivity index (χ2v) is 7.19. The normalized spacial score (nSPS) is 14.2. The lowest BCUT2D eigenvalue weighted by Gasteiger charge is -2.29. The van der Waals surface area contributed by atoms with Crippen LogP contribution in [-0.4, -0.2) is 40.0 Å². The number of aromatic nitrogens is 2. The smallest absolute Gasteiger partial charge is 0.279 e. The van der Waals surface area contributed by atoms with Gasteiger partial charge in [0.2, 0.25) is 0 Å². The number of amides is 1. The number of pyridine rings is 1. The van der Waals surface area contributed by atoms with Gasteiger partial charge in [0.1, 0.15) is 6.61 Å². The van der Waals surface area contributed by atoms with Crippen LogP contribution in [0.25, 0.3) is 0 Å². The molecule has 25 heavy (non-hydrogen) atoms. The molecular formula is C18H22N4O2S. The molecular weight excluding hydrogens is 336 g/mol. The van der Waals surface area contributed by atoms with Crippen LogP contribution >= 0.6 is 11.3 Å². The van der Waals surface area contributed by atoms with Crippen LogP contribution in [0.5, 0.6) is 5.75 Å². The van der Waals surface area contributed by atoms with Gasteiger partial charge in [-0.05, 0) is 26.0 Å². The summed E-state index contributed by atoms with van der Waals surface area (Å²) in [6.07, 6.45) is 4.12. The van der Waals surface area contributed by atoms with E-state index in [1.54, 1.807) is 24.4 Å². The van der Waals surface area contributed by atoms with Crippen molar-refractivity contribution in [1.29, 1.82) is 0 Å². The van der Waals surface area contributed by atoms with Gasteiger partial charge in [-0.2, -0.15) is 0 Å². The standard InChI is InChI=1S/C18H22N4O2S/c1-4-10-24-14-6-5-8-19-16(14)17(23)21-18-20-13-7-9-22(12(2)3)11-15(13)25-18/h4-6,8,12H,1,7,9-11H2,2-3H3,(H,20,21,23). The maximum absolute atomic E-state index is 12.6. The largest absolute Gasteiger partial charge is 0.487 e. The Labute approximate surface area is 151 Å². The predicted octanol–water partition coefficient (Wildman–Crippen LogP) is 3.12. The molecule has 6 nitrogen and oxygen atoms in total. The highest BCUT2D eigenvalue weighted by Gasteiger charge is 2.23. The van der Waals surface area contributed by atoms with E-state index in [0.717, 1.165) is 25.2 Å². The topological polar surface area (TPSA) is 67.3 Å². The highest BCUT2D eigenvalue weighted by Crippen LogP contribution is 2.29. The van der Waals surface area contributed by atoms with Gasteiger partial charge in [-0.25, -0.2) is 9.97 Å². The summed E-state index contributed by atoms with van der Waals surface area (Å²) in [6, 6.07) is 3.96. The minimum absolute atomic E-state index is 0.251. The fourth-order valence-corrected chi connectivity index (χ4v) is 3.72. The zero-order valence-corrected chi connectivity index (χ0v) is 15.3. The molecule has 0 unspecified atom stereocenters. The Balaban J connectivity index is 1.73. The molecule has 0 aromatic carbocycles. The van der Waals surface area contributed by atoms with Crippen molar-refractivity contribution in [2.75, 3.05) is 18.5 Å². The zero-order valence-electron chi connectivity index (χ0n) is 14.5. The van der Waals surface area contributed by atoms with Gasteiger partial charge in [0, 0.05) is 36.6 Å². The lowest BCUT2D eigenvalue weighted by atomic mass is 10.1. The molecule has 3 rings (SSSR count). The minimum atomic E-state index is -0.313. The molecule has 1 aliphatic rings. The number of nitrogens with one attached hydrogen (secondary N) is 1. The first-order chi connectivity index (χ1) is 12.1. The molecule has 1 N–H and O–H groups in total. The van der Waals surface area contributed by atoms with Crippen LogP contribution < -0.4 is 10.1 Å². The SMILES string of the molecule is C=CCOc1cccnc1C(=O)Nc1nc2c(s1)CN(C(C)C)CC2. The van der Waals surface area contributed by atoms with E-state index >= 15 is 0 Å². The van der Waals surface area contributed by atoms with Crippen LogP contribution in [0, 0.1) is 0 Å². The first-order valence-corrected chi connectivity index (χ1v) is 9.12. The second kappa shape index (κ2) is 7.76. The van der Waals surface area contributed by atoms with Crippen molar-refractivity contribution < 1.29 is 9.53 Å². The molecule has 132 valence electrons. The lowest BCUT2D eigenvalue weighted by Crippen LogP contribution is -2.35. The number of anilines is 1. The van der Waals surface area contributed by atoms with Crippen LogP contribution in [0.2, 0.25) is 0 Å². The molecule has 0 saturated heterocycles. The number of nitrogens with zero attached hydrogens (tertiary/aromatic N) is 3. The quantitative estimate of drug-likeness (QED) is 0.804. The van der Waals surface area contributed by atoms with E-state index in [0.29, 0.717) is 23.5 Å². The van der Waals surface area contributed by atoms with E-state index in [-0.39, 0.29) is 11.6 Å². The number of hydrogen-bond acceptors (Lipinski definition) is 6. The molecule has 0 radical (unpaired) electrons. The average molecular weight is 358 g/mol. The van der Waals surface area contributed by atoms with Gasteiger partial charge in [0.15, 0.2) is 16.6 Å². The molecule has 7 heteroatoms. The molecule has 0 aliphatic carbocycles. The predicted molar refractivity (Wildman–Crippen MR) is 99.2 cm³/mol. The van der Waals surface area contributed by atoms with E-state index in [1.807, 2.05) is 0 Å². The number of carbonyl (C=O) groups excluding carboxylic acids is 1. The van der Waals surface area contributed by atoms with E-state index in [2.05, 4.69) is 40.6 Å². The monoisotopic (exact) mass is 358 g/mol. The molecule has 2 aromatic heterocycles. The fraction of sp³-hybridized carbons (Fsp3) is 0.389. The first-order valence-electron chi connectivity index (χ1n) is 8.31. The Morgan fingerprint density at radius 3 is 3.16 bits per heavy atom. The molecule has 0 atom stereocenters. The van der Waals surface area contributed by atoms with Gasteiger partial charge in [-0.3, -0.25) is 15.0 Å². The summed E-state index contributed by atoms with van der Waals surface area (Å²) < 4.78 is 5.50. The van der Waals surface area contributed by atoms with Crippen molar-refractivity contribution >= 4 is 22.4 Å². The van der Waals surface area contributed by atoms with Crippen LogP contribution in [0.3, 0.4) is 0 Å². The van der Waals surface area contributed by atoms with E-state index < -0.39 is 0 Å². The molecule has 0 saturated carbocycles. The van der Waals surface area contributed by atoms with E-state index in [9.17, 15) is 4.79 Å². The van der Waals surface area contributed by atoms with Crippen molar-refractivity contribution in [1.82, 2.24) is 14.9 Å². The summed E-state index contributed by atoms with van der Waals surface area (Å²) in [5.74, 6) is 0.124. The number of thiazole rings is 1. The van der Waals surface area contributed by atoms with Gasteiger partial charge in [-0.15, -0.1) is 11.3 Å². The maximum Gasteiger partial charge on any atom is 0.279 e. The van der Waals surface area contributed by atoms with Gasteiger partial charge in [0.25, 0.3) is 5.91 Å². The Kier molecular flexibility index (Phi) is 5.45. The van der Waals surface area contributed by atoms with Gasteiger partial charge in [0.05, 0.1) is 5.69 Å². The second-order valence-electron chi connectivity index (χ2n) is 6.11. The third-order valence-corrected chi connectivity index (χ3v) is 5.05. The summed E-state index contributed by atoms with van der Waals surface area (Å²) in [4.78, 5) is 24.9. The number of carbonyl (C=O) groups is 1. The summed E-state index contributed by atoms with van der Waals surface area (Å²) in [5, 5.41) is 3.47. The highest BCUT2D eigenvalue weighted by atomic mass is 32.1. The average Bonchev–Trinajstić information content (AvgIpc) is 3.01. The third kappa shape index (κ3) is 4.05. The minimum Gasteiger partial charge on any atom is -0.487 e. The molecule has 0 spiro atoms. The Hall–Kier alpha value is -2.25. The van der Waals surface area contributed by atoms with Crippen LogP contribution in [0.15, 0.2) is 31.0 Å². The van der Waals surface area contributed by atoms with Gasteiger partial charge >= 0.3 is 0 Å². The Bertz CT molecular complexity index is 772. The number of fused-ring (bicyclic) bond motifs is 1. The van der Waals surface area contributed by atoms with Gasteiger partial charge < -0.3 is 4.74 Å². The number of hydrogen-bond donors (Lipinski definition) is 1. The van der Waals surface area contributed by atoms with Crippen molar-refractivity contribution in [3.63, 3.8) is 0 Å². The Morgan fingerprint density at radius 2 is 2.40 bits per heavy atom. The Morgan fingerprint density at radius 1 is 1.56 bits per heavy atom. The lowest BCUT2D eigenvalue weighted by molar-refractivity contribution is 0.101. The summed E-state index contributed by atoms with van der Waals surface area (Å²) in [5.41, 5.74) is 1.34. The number of ether oxygens (including phenoxy) is 1. The molecule has 0 bridgehead atoms. The fourth-order valence-electron chi connectivity index (χ4n) is 2.69. The van der Waals surface area contributed by atoms with Crippen LogP contribution in [0.4, 0.5) is 5.13 Å². The van der Waals surface area contributed by atoms with Crippen LogP contribution in [-0.2, 0) is 13.0 Å². The summed E-state index contributed by atoms with van der Waals surface area (Å²) >= 11 is 1.53. The highest BCUT2D eigenvalue weighted by molar-refractivity contribution is 7.15. The van der Waals surface area contributed by atoms with Gasteiger partial charge in [-0.1, -0.05) is 12.7 Å². The number of rotatable bonds is 6. The van der Waals surface area contributed by atoms with Crippen LogP contribution in [0.1, 0.15) is 34.9 Å². The molecule has 1 amide bonds. The third-order valence-electron chi connectivity index (χ3n) is 4.05. The summed E-state index contributed by atoms with van der Waals surface area (Å²) in [6.45, 7) is 10.2. The first kappa shape index (κ1) is 17.6. The van der Waals surface area contributed by atoms with E-state index in [1.165, 1.54) is 16.2 Å². The van der Waals surface area contributed by atoms with Crippen molar-refractivity contribution in [2.24, 2.45) is 0 Å². The van der Waals surface area contributed by atoms with Crippen molar-refractivity contribution in [3.8, 4) is 5.75 Å². The zero-order chi connectivity index (χ0) is 17.8. The van der Waals surface area contributed by atoms with Crippen molar-refractivity contribution in [3.05, 3.63) is 47.2 Å². The molecule has 0 fully saturated rings. The summed E-state index contributed by atoms with van der Waals surface area (Å²) in [7, 11) is 0. The maximum atomic E-state index is 12.6. The molecule has 3 heterocycles. The molecule has 2 aromatic rings. The van der Waals surface area contributed by atoms with E-state index in [4.69, 9.17) is 4.74 Å². The molecule has 1 aliphatic heterocycles.